The maximum atomic E-state index is 12.4. The van der Waals surface area contributed by atoms with Crippen LogP contribution in [-0.4, -0.2) is 32.6 Å². The van der Waals surface area contributed by atoms with Gasteiger partial charge in [0.25, 0.3) is 0 Å². The monoisotopic (exact) mass is 249 g/mol. The van der Waals surface area contributed by atoms with Crippen molar-refractivity contribution in [1.82, 2.24) is 5.32 Å². The fraction of sp³-hybridized carbons (Fsp3) is 0.857. The second kappa shape index (κ2) is 6.61. The van der Waals surface area contributed by atoms with Crippen molar-refractivity contribution in [2.75, 3.05) is 19.7 Å². The zero-order valence-electron chi connectivity index (χ0n) is 8.80. The van der Waals surface area contributed by atoms with E-state index in [0.29, 0.717) is 0 Å². The fourth-order valence-corrected chi connectivity index (χ4v) is 1.60. The van der Waals surface area contributed by atoms with Gasteiger partial charge in [-0.15, -0.1) is 0 Å². The van der Waals surface area contributed by atoms with Crippen LogP contribution in [0.3, 0.4) is 0 Å². The molecule has 1 heterocycles. The van der Waals surface area contributed by atoms with Crippen LogP contribution in [0.1, 0.15) is 6.92 Å². The van der Waals surface area contributed by atoms with Crippen LogP contribution in [0.25, 0.3) is 0 Å². The number of hydrogen-bond donors (Lipinski definition) is 1. The van der Waals surface area contributed by atoms with E-state index in [1.165, 1.54) is 0 Å². The van der Waals surface area contributed by atoms with Gasteiger partial charge < -0.3 is 23.0 Å². The minimum Gasteiger partial charge on any atom is -0.466 e. The quantitative estimate of drug-likeness (QED) is 0.464. The largest absolute Gasteiger partial charge is 1.00 e. The van der Waals surface area contributed by atoms with Gasteiger partial charge >= 0.3 is 64.3 Å². The Bertz CT molecular complexity index is 227. The number of carbonyl (C=O) groups is 1. The van der Waals surface area contributed by atoms with Crippen molar-refractivity contribution in [1.29, 1.82) is 0 Å². The Morgan fingerprint density at radius 2 is 2.07 bits per heavy atom. The Morgan fingerprint density at radius 3 is 2.53 bits per heavy atom. The van der Waals surface area contributed by atoms with Crippen LogP contribution >= 0.6 is 0 Å². The Hall–Kier alpha value is 0.921. The summed E-state index contributed by atoms with van der Waals surface area (Å²) in [5.41, 5.74) is 0. The van der Waals surface area contributed by atoms with Crippen molar-refractivity contribution in [2.24, 2.45) is 5.92 Å². The molecule has 82 valence electrons. The van der Waals surface area contributed by atoms with Gasteiger partial charge in [0.1, 0.15) is 0 Å². The molecule has 0 amide bonds. The predicted molar refractivity (Wildman–Crippen MR) is 45.8 cm³/mol. The van der Waals surface area contributed by atoms with Gasteiger partial charge in [-0.05, 0) is 19.3 Å². The summed E-state index contributed by atoms with van der Waals surface area (Å²) in [5, 5.41) is 2.56. The van der Waals surface area contributed by atoms with Gasteiger partial charge in [-0.1, -0.05) is 0 Å². The third-order valence-corrected chi connectivity index (χ3v) is 2.34. The average molecular weight is 249 g/mol. The molecule has 1 N–H and O–H groups in total. The third kappa shape index (κ3) is 4.35. The van der Waals surface area contributed by atoms with Crippen molar-refractivity contribution < 1.29 is 73.9 Å². The molecule has 0 aromatic rings. The number of ether oxygens (including phenoxy) is 1. The van der Waals surface area contributed by atoms with Crippen LogP contribution in [0.5, 0.6) is 0 Å². The molecule has 0 aromatic heterocycles. The Balaban J connectivity index is 0.00000196. The van der Waals surface area contributed by atoms with E-state index in [9.17, 15) is 17.7 Å². The molecular weight excluding hydrogens is 237 g/mol. The van der Waals surface area contributed by atoms with Crippen molar-refractivity contribution in [3.63, 3.8) is 0 Å². The minimum absolute atomic E-state index is 0. The van der Waals surface area contributed by atoms with Crippen molar-refractivity contribution in [2.45, 2.75) is 12.7 Å². The normalized spacial score (nSPS) is 25.9. The molecule has 1 rings (SSSR count). The van der Waals surface area contributed by atoms with Gasteiger partial charge in [0.05, 0.1) is 6.61 Å². The van der Waals surface area contributed by atoms with Crippen LogP contribution in [0.2, 0.25) is 5.82 Å². The van der Waals surface area contributed by atoms with Gasteiger partial charge in [-0.25, -0.2) is 0 Å². The van der Waals surface area contributed by atoms with Crippen molar-refractivity contribution in [3.8, 4) is 0 Å². The van der Waals surface area contributed by atoms with E-state index in [2.05, 4.69) is 10.1 Å². The van der Waals surface area contributed by atoms with E-state index in [-0.39, 0.29) is 71.1 Å². The molecule has 1 aliphatic rings. The van der Waals surface area contributed by atoms with Crippen LogP contribution in [-0.2, 0) is 9.53 Å². The summed E-state index contributed by atoms with van der Waals surface area (Å²) in [6.45, 7) is -3.38. The SMILES string of the molecule is CCOC(=O)[C@@H]1CNC[C@H]1[B-](F)(F)F.[K+]. The summed E-state index contributed by atoms with van der Waals surface area (Å²) < 4.78 is 41.9. The topological polar surface area (TPSA) is 38.3 Å². The first-order valence-electron chi connectivity index (χ1n) is 4.54. The smallest absolute Gasteiger partial charge is 0.466 e. The summed E-state index contributed by atoms with van der Waals surface area (Å²) >= 11 is 0. The van der Waals surface area contributed by atoms with Gasteiger partial charge in [-0.2, -0.15) is 0 Å². The molecule has 0 unspecified atom stereocenters. The molecule has 8 heteroatoms. The second-order valence-corrected chi connectivity index (χ2v) is 3.31. The summed E-state index contributed by atoms with van der Waals surface area (Å²) in [6.07, 6.45) is 0. The molecule has 0 bridgehead atoms. The summed E-state index contributed by atoms with van der Waals surface area (Å²) in [6, 6.07) is 0. The zero-order valence-corrected chi connectivity index (χ0v) is 11.9. The van der Waals surface area contributed by atoms with Gasteiger partial charge in [0.15, 0.2) is 0 Å². The number of halogens is 3. The maximum absolute atomic E-state index is 12.4. The molecule has 0 aliphatic carbocycles. The van der Waals surface area contributed by atoms with Gasteiger partial charge in [-0.3, -0.25) is 4.79 Å². The summed E-state index contributed by atoms with van der Waals surface area (Å²) in [4.78, 5) is 11.2. The molecular formula is C7H12BF3KNO2. The minimum atomic E-state index is -4.97. The van der Waals surface area contributed by atoms with Gasteiger partial charge in [0, 0.05) is 12.5 Å². The molecule has 2 atom stereocenters. The van der Waals surface area contributed by atoms with E-state index in [1.807, 2.05) is 0 Å². The van der Waals surface area contributed by atoms with Crippen LogP contribution < -0.4 is 56.7 Å². The number of rotatable bonds is 3. The number of hydrogen-bond acceptors (Lipinski definition) is 3. The molecule has 3 nitrogen and oxygen atoms in total. The Morgan fingerprint density at radius 1 is 1.47 bits per heavy atom. The number of nitrogens with one attached hydrogen (secondary N) is 1. The molecule has 1 saturated heterocycles. The standard InChI is InChI=1S/C7H12BF3NO2.K/c1-2-14-7(13)5-3-12-4-6(5)8(9,10)11;/h5-6,12H,2-4H2,1H3;/q-1;+1/t5-,6-;/m1./s1. The molecule has 0 aromatic carbocycles. The number of carbonyl (C=O) groups excluding carboxylic acids is 1. The van der Waals surface area contributed by atoms with Crippen molar-refractivity contribution >= 4 is 12.9 Å². The molecule has 15 heavy (non-hydrogen) atoms. The zero-order chi connectivity index (χ0) is 10.8. The fourth-order valence-electron chi connectivity index (χ4n) is 1.60. The predicted octanol–water partition coefficient (Wildman–Crippen LogP) is -2.01. The van der Waals surface area contributed by atoms with Crippen LogP contribution in [0.4, 0.5) is 12.9 Å². The average Bonchev–Trinajstić information content (AvgIpc) is 2.50. The van der Waals surface area contributed by atoms with E-state index in [0.717, 1.165) is 0 Å². The third-order valence-electron chi connectivity index (χ3n) is 2.34. The van der Waals surface area contributed by atoms with E-state index < -0.39 is 24.7 Å². The Kier molecular flexibility index (Phi) is 7.01. The van der Waals surface area contributed by atoms with E-state index in [4.69, 9.17) is 0 Å². The van der Waals surface area contributed by atoms with E-state index in [1.54, 1.807) is 6.92 Å². The first-order valence-corrected chi connectivity index (χ1v) is 4.54. The van der Waals surface area contributed by atoms with Crippen molar-refractivity contribution in [3.05, 3.63) is 0 Å². The van der Waals surface area contributed by atoms with Crippen LogP contribution in [0.15, 0.2) is 0 Å². The van der Waals surface area contributed by atoms with Gasteiger partial charge in [0.2, 0.25) is 0 Å². The van der Waals surface area contributed by atoms with Crippen LogP contribution in [0, 0.1) is 5.92 Å². The maximum Gasteiger partial charge on any atom is 1.00 e. The summed E-state index contributed by atoms with van der Waals surface area (Å²) in [5.74, 6) is -3.36. The molecule has 1 aliphatic heterocycles. The number of esters is 1. The molecule has 1 fully saturated rings. The first kappa shape index (κ1) is 15.9. The molecule has 0 saturated carbocycles. The second-order valence-electron chi connectivity index (χ2n) is 3.31. The molecule has 0 radical (unpaired) electrons. The first-order chi connectivity index (χ1) is 6.46. The summed E-state index contributed by atoms with van der Waals surface area (Å²) in [7, 11) is 0. The van der Waals surface area contributed by atoms with E-state index >= 15 is 0 Å². The molecule has 0 spiro atoms. The Labute approximate surface area is 129 Å².